The molecule has 27 heavy (non-hydrogen) atoms. The summed E-state index contributed by atoms with van der Waals surface area (Å²) >= 11 is 0. The Morgan fingerprint density at radius 3 is 2.48 bits per heavy atom. The molecule has 0 unspecified atom stereocenters. The van der Waals surface area contributed by atoms with Gasteiger partial charge >= 0.3 is 5.97 Å². The third kappa shape index (κ3) is 5.57. The number of hydrogen-bond acceptors (Lipinski definition) is 3. The summed E-state index contributed by atoms with van der Waals surface area (Å²) in [5.74, 6) is 1.03. The van der Waals surface area contributed by atoms with Crippen LogP contribution in [-0.4, -0.2) is 38.8 Å². The van der Waals surface area contributed by atoms with Crippen molar-refractivity contribution in [2.75, 3.05) is 32.8 Å². The average molecular weight is 368 g/mol. The summed E-state index contributed by atoms with van der Waals surface area (Å²) in [6.45, 7) is 6.24. The van der Waals surface area contributed by atoms with Crippen LogP contribution in [0.1, 0.15) is 26.2 Å². The Morgan fingerprint density at radius 1 is 1.04 bits per heavy atom. The molecule has 1 aliphatic rings. The fraction of sp³-hybridized carbons (Fsp3) is 0.435. The second-order valence-corrected chi connectivity index (χ2v) is 7.09. The van der Waals surface area contributed by atoms with Crippen molar-refractivity contribution in [2.24, 2.45) is 5.92 Å². The first-order valence-corrected chi connectivity index (χ1v) is 10.1. The normalized spacial score (nSPS) is 19.4. The van der Waals surface area contributed by atoms with Crippen LogP contribution in [0.15, 0.2) is 54.6 Å². The van der Waals surface area contributed by atoms with Crippen LogP contribution in [0.4, 0.5) is 0 Å². The van der Waals surface area contributed by atoms with Gasteiger partial charge in [-0.15, -0.1) is 0 Å². The number of hydrogen-bond donors (Lipinski definition) is 1. The molecule has 144 valence electrons. The third-order valence-electron chi connectivity index (χ3n) is 5.22. The van der Waals surface area contributed by atoms with Crippen molar-refractivity contribution in [1.82, 2.24) is 0 Å². The fourth-order valence-electron chi connectivity index (χ4n) is 3.72. The predicted molar refractivity (Wildman–Crippen MR) is 107 cm³/mol. The van der Waals surface area contributed by atoms with Gasteiger partial charge in [0.2, 0.25) is 0 Å². The number of likely N-dealkylation sites (tertiary alicyclic amines) is 1. The van der Waals surface area contributed by atoms with E-state index in [2.05, 4.69) is 30.3 Å². The van der Waals surface area contributed by atoms with Gasteiger partial charge in [0.05, 0.1) is 38.8 Å². The molecule has 0 aromatic heterocycles. The van der Waals surface area contributed by atoms with Crippen LogP contribution in [0.5, 0.6) is 5.75 Å². The maximum atomic E-state index is 11.8. The molecule has 0 atom stereocenters. The minimum absolute atomic E-state index is 0.0163. The molecule has 1 aliphatic heterocycles. The zero-order chi connectivity index (χ0) is 18.9. The summed E-state index contributed by atoms with van der Waals surface area (Å²) in [4.78, 5) is 13.4. The molecular weight excluding hydrogens is 338 g/mol. The van der Waals surface area contributed by atoms with Crippen molar-refractivity contribution in [3.63, 3.8) is 0 Å². The van der Waals surface area contributed by atoms with E-state index < -0.39 is 0 Å². The van der Waals surface area contributed by atoms with Crippen LogP contribution in [0.2, 0.25) is 0 Å². The van der Waals surface area contributed by atoms with Crippen LogP contribution in [0, 0.1) is 5.92 Å². The van der Waals surface area contributed by atoms with Crippen molar-refractivity contribution in [3.05, 3.63) is 54.6 Å². The van der Waals surface area contributed by atoms with Gasteiger partial charge in [-0.2, -0.15) is 0 Å². The zero-order valence-electron chi connectivity index (χ0n) is 16.2. The van der Waals surface area contributed by atoms with Crippen LogP contribution < -0.4 is 9.64 Å². The Bertz CT molecular complexity index is 709. The van der Waals surface area contributed by atoms with E-state index in [1.165, 1.54) is 5.56 Å². The standard InChI is InChI=1S/C23H29NO3/c1-2-26-23(25)20-13-16-24(17-14-20)15-8-18-27-22-12-7-6-11-21(22)19-9-4-3-5-10-19/h3-7,9-12,20H,2,8,13-18H2,1H3/p+1. The van der Waals surface area contributed by atoms with Gasteiger partial charge in [-0.25, -0.2) is 0 Å². The third-order valence-corrected chi connectivity index (χ3v) is 5.22. The van der Waals surface area contributed by atoms with E-state index in [-0.39, 0.29) is 11.9 Å². The van der Waals surface area contributed by atoms with E-state index in [0.717, 1.165) is 50.2 Å². The van der Waals surface area contributed by atoms with Crippen molar-refractivity contribution < 1.29 is 19.2 Å². The first-order valence-electron chi connectivity index (χ1n) is 10.1. The van der Waals surface area contributed by atoms with E-state index in [0.29, 0.717) is 13.2 Å². The Balaban J connectivity index is 1.42. The molecule has 1 N–H and O–H groups in total. The monoisotopic (exact) mass is 368 g/mol. The highest BCUT2D eigenvalue weighted by Gasteiger charge is 2.28. The lowest BCUT2D eigenvalue weighted by Gasteiger charge is -2.28. The van der Waals surface area contributed by atoms with Gasteiger partial charge in [0.25, 0.3) is 0 Å². The molecule has 0 saturated carbocycles. The fourth-order valence-corrected chi connectivity index (χ4v) is 3.72. The maximum absolute atomic E-state index is 11.8. The minimum atomic E-state index is -0.0163. The smallest absolute Gasteiger partial charge is 0.309 e. The van der Waals surface area contributed by atoms with Crippen molar-refractivity contribution >= 4 is 5.97 Å². The molecular formula is C23H30NO3+. The molecule has 0 radical (unpaired) electrons. The van der Waals surface area contributed by atoms with Gasteiger partial charge in [-0.1, -0.05) is 48.5 Å². The zero-order valence-corrected chi connectivity index (χ0v) is 16.2. The van der Waals surface area contributed by atoms with E-state index in [1.54, 1.807) is 4.90 Å². The molecule has 0 amide bonds. The number of carbonyl (C=O) groups is 1. The lowest BCUT2D eigenvalue weighted by atomic mass is 9.97. The number of nitrogens with one attached hydrogen (secondary N) is 1. The number of ether oxygens (including phenoxy) is 2. The number of para-hydroxylation sites is 1. The molecule has 2 aromatic rings. The molecule has 1 fully saturated rings. The van der Waals surface area contributed by atoms with E-state index >= 15 is 0 Å². The van der Waals surface area contributed by atoms with Crippen molar-refractivity contribution in [2.45, 2.75) is 26.2 Å². The summed E-state index contributed by atoms with van der Waals surface area (Å²) in [5, 5.41) is 0. The molecule has 4 nitrogen and oxygen atoms in total. The van der Waals surface area contributed by atoms with Gasteiger partial charge in [-0.3, -0.25) is 4.79 Å². The van der Waals surface area contributed by atoms with Gasteiger partial charge < -0.3 is 14.4 Å². The second kappa shape index (κ2) is 10.1. The SMILES string of the molecule is CCOC(=O)C1CC[NH+](CCCOc2ccccc2-c2ccccc2)CC1. The van der Waals surface area contributed by atoms with Crippen molar-refractivity contribution in [1.29, 1.82) is 0 Å². The largest absolute Gasteiger partial charge is 0.493 e. The molecule has 2 aromatic carbocycles. The van der Waals surface area contributed by atoms with Gasteiger partial charge in [-0.05, 0) is 18.6 Å². The van der Waals surface area contributed by atoms with E-state index in [9.17, 15) is 4.79 Å². The molecule has 0 aliphatic carbocycles. The molecule has 1 saturated heterocycles. The number of carbonyl (C=O) groups excluding carboxylic acids is 1. The highest BCUT2D eigenvalue weighted by molar-refractivity contribution is 5.72. The summed E-state index contributed by atoms with van der Waals surface area (Å²) < 4.78 is 11.2. The topological polar surface area (TPSA) is 40.0 Å². The summed E-state index contributed by atoms with van der Waals surface area (Å²) in [7, 11) is 0. The highest BCUT2D eigenvalue weighted by atomic mass is 16.5. The van der Waals surface area contributed by atoms with Gasteiger partial charge in [0.1, 0.15) is 5.75 Å². The molecule has 4 heteroatoms. The lowest BCUT2D eigenvalue weighted by molar-refractivity contribution is -0.906. The first-order chi connectivity index (χ1) is 13.3. The minimum Gasteiger partial charge on any atom is -0.493 e. The predicted octanol–water partition coefficient (Wildman–Crippen LogP) is 2.98. The number of quaternary nitrogens is 1. The second-order valence-electron chi connectivity index (χ2n) is 7.09. The van der Waals surface area contributed by atoms with Crippen LogP contribution >= 0.6 is 0 Å². The number of piperidine rings is 1. The summed E-state index contributed by atoms with van der Waals surface area (Å²) in [6.07, 6.45) is 2.89. The Kier molecular flexibility index (Phi) is 7.28. The lowest BCUT2D eigenvalue weighted by Crippen LogP contribution is -3.13. The Labute approximate surface area is 162 Å². The van der Waals surface area contributed by atoms with Crippen molar-refractivity contribution in [3.8, 4) is 16.9 Å². The molecule has 1 heterocycles. The van der Waals surface area contributed by atoms with Gasteiger partial charge in [0, 0.05) is 24.8 Å². The first kappa shape index (κ1) is 19.4. The number of rotatable bonds is 8. The van der Waals surface area contributed by atoms with E-state index in [1.807, 2.05) is 31.2 Å². The van der Waals surface area contributed by atoms with Crippen LogP contribution in [0.25, 0.3) is 11.1 Å². The average Bonchev–Trinajstić information content (AvgIpc) is 2.73. The Morgan fingerprint density at radius 2 is 1.74 bits per heavy atom. The quantitative estimate of drug-likeness (QED) is 0.575. The summed E-state index contributed by atoms with van der Waals surface area (Å²) in [6, 6.07) is 18.6. The van der Waals surface area contributed by atoms with E-state index in [4.69, 9.17) is 9.47 Å². The van der Waals surface area contributed by atoms with Gasteiger partial charge in [0.15, 0.2) is 0 Å². The molecule has 0 bridgehead atoms. The van der Waals surface area contributed by atoms with Crippen LogP contribution in [-0.2, 0) is 9.53 Å². The summed E-state index contributed by atoms with van der Waals surface area (Å²) in [5.41, 5.74) is 2.32. The molecule has 0 spiro atoms. The Hall–Kier alpha value is -2.33. The molecule has 3 rings (SSSR count). The van der Waals surface area contributed by atoms with Crippen LogP contribution in [0.3, 0.4) is 0 Å². The highest BCUT2D eigenvalue weighted by Crippen LogP contribution is 2.29. The number of esters is 1. The maximum Gasteiger partial charge on any atom is 0.309 e. The number of benzene rings is 2.